The fraction of sp³-hybridized carbons (Fsp3) is 0.250. The van der Waals surface area contributed by atoms with Crippen LogP contribution in [0.2, 0.25) is 0 Å². The van der Waals surface area contributed by atoms with Crippen molar-refractivity contribution in [2.75, 3.05) is 6.61 Å². The van der Waals surface area contributed by atoms with E-state index < -0.39 is 6.04 Å². The van der Waals surface area contributed by atoms with E-state index in [0.717, 1.165) is 28.3 Å². The Labute approximate surface area is 219 Å². The van der Waals surface area contributed by atoms with Crippen molar-refractivity contribution in [2.24, 2.45) is 0 Å². The summed E-state index contributed by atoms with van der Waals surface area (Å²) < 4.78 is 6.06. The van der Waals surface area contributed by atoms with Crippen molar-refractivity contribution in [3.63, 3.8) is 0 Å². The average Bonchev–Trinajstić information content (AvgIpc) is 2.94. The SMILES string of the molecule is CCC(C)NC(=O)C(Cc1ccccc1)N(Cc1ccccc1)C(=O)COc1cccc2ccccc12. The van der Waals surface area contributed by atoms with Crippen molar-refractivity contribution >= 4 is 22.6 Å². The minimum absolute atomic E-state index is 0.00591. The van der Waals surface area contributed by atoms with Gasteiger partial charge < -0.3 is 15.0 Å². The van der Waals surface area contributed by atoms with Crippen molar-refractivity contribution in [1.82, 2.24) is 10.2 Å². The lowest BCUT2D eigenvalue weighted by atomic mass is 10.0. The molecule has 0 spiro atoms. The topological polar surface area (TPSA) is 58.6 Å². The molecular formula is C32H34N2O3. The molecule has 0 saturated heterocycles. The number of hydrogen-bond donors (Lipinski definition) is 1. The molecular weight excluding hydrogens is 460 g/mol. The molecule has 0 aliphatic carbocycles. The van der Waals surface area contributed by atoms with Gasteiger partial charge in [0.1, 0.15) is 11.8 Å². The van der Waals surface area contributed by atoms with Gasteiger partial charge in [-0.3, -0.25) is 9.59 Å². The fourth-order valence-corrected chi connectivity index (χ4v) is 4.32. The van der Waals surface area contributed by atoms with Crippen LogP contribution < -0.4 is 10.1 Å². The van der Waals surface area contributed by atoms with Crippen LogP contribution in [0.15, 0.2) is 103 Å². The maximum absolute atomic E-state index is 13.8. The lowest BCUT2D eigenvalue weighted by Gasteiger charge is -2.32. The summed E-state index contributed by atoms with van der Waals surface area (Å²) in [5, 5.41) is 5.09. The van der Waals surface area contributed by atoms with E-state index in [1.807, 2.05) is 117 Å². The number of hydrogen-bond acceptors (Lipinski definition) is 3. The molecule has 4 aromatic carbocycles. The third-order valence-electron chi connectivity index (χ3n) is 6.57. The molecule has 1 N–H and O–H groups in total. The van der Waals surface area contributed by atoms with E-state index in [9.17, 15) is 9.59 Å². The Balaban J connectivity index is 1.63. The van der Waals surface area contributed by atoms with E-state index in [2.05, 4.69) is 5.32 Å². The normalized spacial score (nSPS) is 12.5. The van der Waals surface area contributed by atoms with Gasteiger partial charge in [-0.1, -0.05) is 104 Å². The van der Waals surface area contributed by atoms with Crippen LogP contribution in [-0.4, -0.2) is 35.4 Å². The van der Waals surface area contributed by atoms with Gasteiger partial charge in [0.05, 0.1) is 0 Å². The lowest BCUT2D eigenvalue weighted by Crippen LogP contribution is -2.53. The molecule has 4 aromatic rings. The van der Waals surface area contributed by atoms with E-state index in [1.54, 1.807) is 4.90 Å². The van der Waals surface area contributed by atoms with Gasteiger partial charge in [0.25, 0.3) is 5.91 Å². The zero-order valence-electron chi connectivity index (χ0n) is 21.5. The summed E-state index contributed by atoms with van der Waals surface area (Å²) in [7, 11) is 0. The summed E-state index contributed by atoms with van der Waals surface area (Å²) in [6.45, 7) is 4.15. The highest BCUT2D eigenvalue weighted by molar-refractivity contribution is 5.90. The molecule has 0 heterocycles. The molecule has 2 amide bonds. The predicted octanol–water partition coefficient (Wildman–Crippen LogP) is 5.77. The number of amides is 2. The second kappa shape index (κ2) is 12.7. The predicted molar refractivity (Wildman–Crippen MR) is 148 cm³/mol. The largest absolute Gasteiger partial charge is 0.483 e. The monoisotopic (exact) mass is 494 g/mol. The number of nitrogens with one attached hydrogen (secondary N) is 1. The number of rotatable bonds is 11. The molecule has 190 valence electrons. The first-order valence-corrected chi connectivity index (χ1v) is 12.8. The minimum atomic E-state index is -0.680. The Bertz CT molecular complexity index is 1300. The first kappa shape index (κ1) is 26.0. The van der Waals surface area contributed by atoms with Gasteiger partial charge in [0.15, 0.2) is 6.61 Å². The summed E-state index contributed by atoms with van der Waals surface area (Å²) in [5.74, 6) is 0.249. The van der Waals surface area contributed by atoms with Gasteiger partial charge in [-0.25, -0.2) is 0 Å². The lowest BCUT2D eigenvalue weighted by molar-refractivity contribution is -0.143. The van der Waals surface area contributed by atoms with Gasteiger partial charge >= 0.3 is 0 Å². The second-order valence-corrected chi connectivity index (χ2v) is 9.30. The van der Waals surface area contributed by atoms with Gasteiger partial charge in [0, 0.05) is 24.4 Å². The second-order valence-electron chi connectivity index (χ2n) is 9.30. The summed E-state index contributed by atoms with van der Waals surface area (Å²) in [6, 6.07) is 32.6. The molecule has 2 unspecified atom stereocenters. The van der Waals surface area contributed by atoms with Gasteiger partial charge in [-0.2, -0.15) is 0 Å². The van der Waals surface area contributed by atoms with Crippen LogP contribution in [0.4, 0.5) is 0 Å². The maximum Gasteiger partial charge on any atom is 0.261 e. The van der Waals surface area contributed by atoms with Crippen molar-refractivity contribution in [3.05, 3.63) is 114 Å². The molecule has 5 heteroatoms. The van der Waals surface area contributed by atoms with Crippen LogP contribution in [0, 0.1) is 0 Å². The van der Waals surface area contributed by atoms with Gasteiger partial charge in [-0.15, -0.1) is 0 Å². The molecule has 2 atom stereocenters. The van der Waals surface area contributed by atoms with E-state index in [1.165, 1.54) is 0 Å². The Kier molecular flexibility index (Phi) is 8.93. The van der Waals surface area contributed by atoms with E-state index in [-0.39, 0.29) is 24.5 Å². The van der Waals surface area contributed by atoms with Crippen LogP contribution in [0.25, 0.3) is 10.8 Å². The summed E-state index contributed by atoms with van der Waals surface area (Å²) in [6.07, 6.45) is 1.22. The number of ether oxygens (including phenoxy) is 1. The van der Waals surface area contributed by atoms with Crippen LogP contribution in [0.5, 0.6) is 5.75 Å². The number of carbonyl (C=O) groups is 2. The standard InChI is InChI=1S/C32H34N2O3/c1-3-24(2)33-32(36)29(21-25-13-6-4-7-14-25)34(22-26-15-8-5-9-16-26)31(35)23-37-30-20-12-18-27-17-10-11-19-28(27)30/h4-20,24,29H,3,21-23H2,1-2H3,(H,33,36). The van der Waals surface area contributed by atoms with Crippen molar-refractivity contribution in [1.29, 1.82) is 0 Å². The minimum Gasteiger partial charge on any atom is -0.483 e. The molecule has 0 aromatic heterocycles. The molecule has 0 aliphatic heterocycles. The van der Waals surface area contributed by atoms with Crippen molar-refractivity contribution in [2.45, 2.75) is 45.3 Å². The number of nitrogens with zero attached hydrogens (tertiary/aromatic N) is 1. The smallest absolute Gasteiger partial charge is 0.261 e. The molecule has 0 bridgehead atoms. The summed E-state index contributed by atoms with van der Waals surface area (Å²) in [5.41, 5.74) is 1.95. The maximum atomic E-state index is 13.8. The molecule has 0 aliphatic rings. The number of benzene rings is 4. The summed E-state index contributed by atoms with van der Waals surface area (Å²) >= 11 is 0. The summed E-state index contributed by atoms with van der Waals surface area (Å²) in [4.78, 5) is 29.0. The van der Waals surface area contributed by atoms with Crippen LogP contribution in [-0.2, 0) is 22.6 Å². The Morgan fingerprint density at radius 3 is 2.14 bits per heavy atom. The van der Waals surface area contributed by atoms with Gasteiger partial charge in [0.2, 0.25) is 5.91 Å². The van der Waals surface area contributed by atoms with E-state index >= 15 is 0 Å². The molecule has 0 fully saturated rings. The molecule has 4 rings (SSSR count). The number of fused-ring (bicyclic) bond motifs is 1. The van der Waals surface area contributed by atoms with Gasteiger partial charge in [-0.05, 0) is 35.9 Å². The van der Waals surface area contributed by atoms with Crippen molar-refractivity contribution < 1.29 is 14.3 Å². The van der Waals surface area contributed by atoms with Crippen molar-refractivity contribution in [3.8, 4) is 5.75 Å². The third-order valence-corrected chi connectivity index (χ3v) is 6.57. The first-order chi connectivity index (χ1) is 18.0. The Hall–Kier alpha value is -4.12. The van der Waals surface area contributed by atoms with Crippen LogP contribution >= 0.6 is 0 Å². The highest BCUT2D eigenvalue weighted by atomic mass is 16.5. The molecule has 5 nitrogen and oxygen atoms in total. The first-order valence-electron chi connectivity index (χ1n) is 12.8. The third kappa shape index (κ3) is 6.98. The Morgan fingerprint density at radius 2 is 1.43 bits per heavy atom. The van der Waals surface area contributed by atoms with E-state index in [0.29, 0.717) is 18.7 Å². The number of carbonyl (C=O) groups excluding carboxylic acids is 2. The quantitative estimate of drug-likeness (QED) is 0.288. The Morgan fingerprint density at radius 1 is 0.811 bits per heavy atom. The molecule has 0 radical (unpaired) electrons. The van der Waals surface area contributed by atoms with Crippen LogP contribution in [0.1, 0.15) is 31.4 Å². The van der Waals surface area contributed by atoms with Crippen LogP contribution in [0.3, 0.4) is 0 Å². The fourth-order valence-electron chi connectivity index (χ4n) is 4.32. The molecule has 37 heavy (non-hydrogen) atoms. The van der Waals surface area contributed by atoms with E-state index in [4.69, 9.17) is 4.74 Å². The zero-order chi connectivity index (χ0) is 26.0. The molecule has 0 saturated carbocycles. The highest BCUT2D eigenvalue weighted by Gasteiger charge is 2.31. The average molecular weight is 495 g/mol. The zero-order valence-corrected chi connectivity index (χ0v) is 21.5. The highest BCUT2D eigenvalue weighted by Crippen LogP contribution is 2.25.